The van der Waals surface area contributed by atoms with Crippen LogP contribution in [0.15, 0.2) is 9.42 Å². The van der Waals surface area contributed by atoms with Crippen LogP contribution in [0.2, 0.25) is 0 Å². The average molecular weight is 431 g/mol. The molecule has 10 nitrogen and oxygen atoms in total. The molecular formula is C18H30N4O6S. The van der Waals surface area contributed by atoms with Crippen molar-refractivity contribution < 1.29 is 27.3 Å². The highest BCUT2D eigenvalue weighted by molar-refractivity contribution is 7.89. The second-order valence-corrected chi connectivity index (χ2v) is 9.06. The van der Waals surface area contributed by atoms with Crippen LogP contribution in [0.3, 0.4) is 0 Å². The van der Waals surface area contributed by atoms with Crippen molar-refractivity contribution in [3.05, 3.63) is 11.5 Å². The molecule has 1 atom stereocenters. The lowest BCUT2D eigenvalue weighted by Gasteiger charge is -2.35. The van der Waals surface area contributed by atoms with E-state index in [1.165, 1.54) is 11.4 Å². The fraction of sp³-hybridized carbons (Fsp3) is 0.722. The first-order valence-corrected chi connectivity index (χ1v) is 11.1. The molecule has 0 bridgehead atoms. The van der Waals surface area contributed by atoms with E-state index in [4.69, 9.17) is 9.26 Å². The Hall–Kier alpha value is -1.98. The summed E-state index contributed by atoms with van der Waals surface area (Å²) in [6.45, 7) is 9.11. The Kier molecular flexibility index (Phi) is 7.78. The number of esters is 1. The molecule has 0 aromatic carbocycles. The molecule has 0 spiro atoms. The van der Waals surface area contributed by atoms with Gasteiger partial charge in [-0.1, -0.05) is 19.0 Å². The number of piperazine rings is 1. The largest absolute Gasteiger partial charge is 0.469 e. The zero-order chi connectivity index (χ0) is 21.8. The molecule has 1 saturated heterocycles. The first kappa shape index (κ1) is 23.3. The van der Waals surface area contributed by atoms with E-state index in [0.29, 0.717) is 31.9 Å². The number of sulfonamides is 1. The molecule has 1 unspecified atom stereocenters. The molecular weight excluding hydrogens is 400 g/mol. The molecule has 11 heteroatoms. The quantitative estimate of drug-likeness (QED) is 0.540. The van der Waals surface area contributed by atoms with Crippen LogP contribution in [0.4, 0.5) is 0 Å². The summed E-state index contributed by atoms with van der Waals surface area (Å²) in [5.74, 6) is -0.462. The first-order chi connectivity index (χ1) is 13.6. The molecule has 0 aliphatic carbocycles. The summed E-state index contributed by atoms with van der Waals surface area (Å²) in [6.07, 6.45) is 0. The van der Waals surface area contributed by atoms with Crippen LogP contribution < -0.4 is 0 Å². The Balaban J connectivity index is 1.94. The molecule has 1 aliphatic heterocycles. The maximum Gasteiger partial charge on any atom is 0.309 e. The summed E-state index contributed by atoms with van der Waals surface area (Å²) in [7, 11) is -2.36. The lowest BCUT2D eigenvalue weighted by atomic mass is 10.1. The van der Waals surface area contributed by atoms with Gasteiger partial charge in [-0.15, -0.1) is 0 Å². The molecule has 0 radical (unpaired) electrons. The number of hydrogen-bond donors (Lipinski definition) is 0. The summed E-state index contributed by atoms with van der Waals surface area (Å²) in [5.41, 5.74) is 0.333. The standard InChI is InChI=1S/C18H30N4O6S/c1-6-20(11-13(2)18(24)27-5)12-16(23)21-7-9-22(10-8-21)29(25,26)17-14(3)19-28-15(17)4/h13H,6-12H2,1-5H3. The summed E-state index contributed by atoms with van der Waals surface area (Å²) in [5, 5.41) is 3.72. The van der Waals surface area contributed by atoms with Gasteiger partial charge in [0.1, 0.15) is 10.6 Å². The van der Waals surface area contributed by atoms with Crippen molar-refractivity contribution in [3.8, 4) is 0 Å². The predicted octanol–water partition coefficient (Wildman–Crippen LogP) is 0.255. The van der Waals surface area contributed by atoms with Gasteiger partial charge >= 0.3 is 5.97 Å². The molecule has 2 rings (SSSR count). The normalized spacial score (nSPS) is 16.8. The molecule has 1 fully saturated rings. The number of carbonyl (C=O) groups is 2. The smallest absolute Gasteiger partial charge is 0.309 e. The van der Waals surface area contributed by atoms with Crippen molar-refractivity contribution in [2.75, 3.05) is 52.9 Å². The van der Waals surface area contributed by atoms with Gasteiger partial charge in [0.15, 0.2) is 5.76 Å². The Labute approximate surface area is 171 Å². The second kappa shape index (κ2) is 9.68. The number of hydrogen-bond acceptors (Lipinski definition) is 8. The maximum atomic E-state index is 12.9. The molecule has 0 N–H and O–H groups in total. The van der Waals surface area contributed by atoms with E-state index >= 15 is 0 Å². The maximum absolute atomic E-state index is 12.9. The van der Waals surface area contributed by atoms with Crippen molar-refractivity contribution in [1.82, 2.24) is 19.3 Å². The Morgan fingerprint density at radius 3 is 2.34 bits per heavy atom. The van der Waals surface area contributed by atoms with Crippen LogP contribution in [0.1, 0.15) is 25.3 Å². The van der Waals surface area contributed by atoms with Crippen LogP contribution >= 0.6 is 0 Å². The van der Waals surface area contributed by atoms with Crippen LogP contribution in [-0.4, -0.2) is 92.5 Å². The highest BCUT2D eigenvalue weighted by atomic mass is 32.2. The van der Waals surface area contributed by atoms with E-state index in [1.807, 2.05) is 11.8 Å². The van der Waals surface area contributed by atoms with Crippen LogP contribution in [0.25, 0.3) is 0 Å². The van der Waals surface area contributed by atoms with Crippen LogP contribution in [0, 0.1) is 19.8 Å². The lowest BCUT2D eigenvalue weighted by molar-refractivity contribution is -0.146. The number of amides is 1. The molecule has 2 heterocycles. The first-order valence-electron chi connectivity index (χ1n) is 9.62. The molecule has 1 aromatic heterocycles. The van der Waals surface area contributed by atoms with Gasteiger partial charge in [-0.3, -0.25) is 14.5 Å². The number of likely N-dealkylation sites (N-methyl/N-ethyl adjacent to an activating group) is 1. The van der Waals surface area contributed by atoms with Gasteiger partial charge in [-0.2, -0.15) is 4.31 Å². The fourth-order valence-electron chi connectivity index (χ4n) is 3.41. The topological polar surface area (TPSA) is 113 Å². The third-order valence-electron chi connectivity index (χ3n) is 5.10. The van der Waals surface area contributed by atoms with E-state index in [-0.39, 0.29) is 48.1 Å². The SMILES string of the molecule is CCN(CC(=O)N1CCN(S(=O)(=O)c2c(C)noc2C)CC1)CC(C)C(=O)OC. The monoisotopic (exact) mass is 430 g/mol. The number of ether oxygens (including phenoxy) is 1. The van der Waals surface area contributed by atoms with Gasteiger partial charge in [-0.25, -0.2) is 8.42 Å². The van der Waals surface area contributed by atoms with Gasteiger partial charge < -0.3 is 14.2 Å². The Morgan fingerprint density at radius 1 is 1.24 bits per heavy atom. The highest BCUT2D eigenvalue weighted by Crippen LogP contribution is 2.24. The van der Waals surface area contributed by atoms with Crippen molar-refractivity contribution in [2.24, 2.45) is 5.92 Å². The number of aromatic nitrogens is 1. The van der Waals surface area contributed by atoms with Crippen LogP contribution in [-0.2, 0) is 24.3 Å². The van der Waals surface area contributed by atoms with E-state index in [2.05, 4.69) is 5.16 Å². The van der Waals surface area contributed by atoms with Gasteiger partial charge in [0.05, 0.1) is 19.6 Å². The summed E-state index contributed by atoms with van der Waals surface area (Å²) >= 11 is 0. The van der Waals surface area contributed by atoms with Crippen molar-refractivity contribution in [2.45, 2.75) is 32.6 Å². The number of methoxy groups -OCH3 is 1. The zero-order valence-corrected chi connectivity index (χ0v) is 18.5. The predicted molar refractivity (Wildman–Crippen MR) is 105 cm³/mol. The Morgan fingerprint density at radius 2 is 1.86 bits per heavy atom. The van der Waals surface area contributed by atoms with E-state index in [1.54, 1.807) is 25.7 Å². The number of rotatable bonds is 8. The second-order valence-electron chi connectivity index (χ2n) is 7.19. The molecule has 164 valence electrons. The van der Waals surface area contributed by atoms with E-state index in [0.717, 1.165) is 0 Å². The van der Waals surface area contributed by atoms with E-state index < -0.39 is 10.0 Å². The third kappa shape index (κ3) is 5.34. The van der Waals surface area contributed by atoms with E-state index in [9.17, 15) is 18.0 Å². The molecule has 29 heavy (non-hydrogen) atoms. The lowest BCUT2D eigenvalue weighted by Crippen LogP contribution is -2.53. The van der Waals surface area contributed by atoms with Crippen LogP contribution in [0.5, 0.6) is 0 Å². The third-order valence-corrected chi connectivity index (χ3v) is 7.24. The summed E-state index contributed by atoms with van der Waals surface area (Å²) in [6, 6.07) is 0. The van der Waals surface area contributed by atoms with Gasteiger partial charge in [-0.05, 0) is 20.4 Å². The van der Waals surface area contributed by atoms with Gasteiger partial charge in [0.25, 0.3) is 0 Å². The van der Waals surface area contributed by atoms with Crippen molar-refractivity contribution >= 4 is 21.9 Å². The van der Waals surface area contributed by atoms with Gasteiger partial charge in [0.2, 0.25) is 15.9 Å². The van der Waals surface area contributed by atoms with Crippen molar-refractivity contribution in [1.29, 1.82) is 0 Å². The molecule has 0 saturated carbocycles. The number of carbonyl (C=O) groups excluding carboxylic acids is 2. The van der Waals surface area contributed by atoms with Crippen molar-refractivity contribution in [3.63, 3.8) is 0 Å². The molecule has 1 aromatic rings. The molecule has 1 amide bonds. The summed E-state index contributed by atoms with van der Waals surface area (Å²) in [4.78, 5) is 27.9. The Bertz CT molecular complexity index is 810. The average Bonchev–Trinajstić information content (AvgIpc) is 3.05. The summed E-state index contributed by atoms with van der Waals surface area (Å²) < 4.78 is 36.8. The zero-order valence-electron chi connectivity index (χ0n) is 17.7. The van der Waals surface area contributed by atoms with Gasteiger partial charge in [0, 0.05) is 32.7 Å². The number of nitrogens with zero attached hydrogens (tertiary/aromatic N) is 4. The minimum absolute atomic E-state index is 0.0849. The number of aryl methyl sites for hydroxylation is 2. The highest BCUT2D eigenvalue weighted by Gasteiger charge is 2.34. The fourth-order valence-corrected chi connectivity index (χ4v) is 5.12. The molecule has 1 aliphatic rings. The minimum atomic E-state index is -3.71. The minimum Gasteiger partial charge on any atom is -0.469 e.